The zero-order chi connectivity index (χ0) is 9.26. The highest BCUT2D eigenvalue weighted by Crippen LogP contribution is 2.02. The predicted molar refractivity (Wildman–Crippen MR) is 49.8 cm³/mol. The molecule has 0 radical (unpaired) electrons. The fourth-order valence-corrected chi connectivity index (χ4v) is 1.33. The maximum Gasteiger partial charge on any atom is 0.252 e. The lowest BCUT2D eigenvalue weighted by Gasteiger charge is -1.87. The van der Waals surface area contributed by atoms with Crippen LogP contribution in [0.1, 0.15) is 19.0 Å². The summed E-state index contributed by atoms with van der Waals surface area (Å²) in [6.45, 7) is 2.10. The third-order valence-corrected chi connectivity index (χ3v) is 1.91. The van der Waals surface area contributed by atoms with Crippen molar-refractivity contribution >= 4 is 5.78 Å². The highest BCUT2D eigenvalue weighted by molar-refractivity contribution is 5.29. The van der Waals surface area contributed by atoms with Crippen LogP contribution in [0.4, 0.5) is 0 Å². The Morgan fingerprint density at radius 3 is 3.23 bits per heavy atom. The Kier molecular flexibility index (Phi) is 1.88. The van der Waals surface area contributed by atoms with Gasteiger partial charge in [-0.05, 0) is 6.42 Å². The van der Waals surface area contributed by atoms with Crippen molar-refractivity contribution in [1.29, 1.82) is 0 Å². The van der Waals surface area contributed by atoms with Crippen LogP contribution in [0.2, 0.25) is 0 Å². The van der Waals surface area contributed by atoms with E-state index < -0.39 is 0 Å². The molecule has 0 amide bonds. The molecule has 0 fully saturated rings. The molecular weight excluding hydrogens is 166 g/mol. The van der Waals surface area contributed by atoms with E-state index in [0.717, 1.165) is 18.5 Å². The number of aryl methyl sites for hydroxylation is 1. The topological polar surface area (TPSA) is 50.2 Å². The lowest BCUT2D eigenvalue weighted by atomic mass is 10.3. The Morgan fingerprint density at radius 2 is 2.46 bits per heavy atom. The lowest BCUT2D eigenvalue weighted by Crippen LogP contribution is -2.05. The zero-order valence-electron chi connectivity index (χ0n) is 7.45. The Hall–Kier alpha value is -1.58. The van der Waals surface area contributed by atoms with E-state index in [9.17, 15) is 4.79 Å². The largest absolute Gasteiger partial charge is 0.292 e. The number of rotatable bonds is 2. The Bertz CT molecular complexity index is 469. The minimum Gasteiger partial charge on any atom is -0.292 e. The van der Waals surface area contributed by atoms with Gasteiger partial charge in [0.05, 0.1) is 5.69 Å². The first-order valence-electron chi connectivity index (χ1n) is 4.36. The molecule has 0 saturated heterocycles. The quantitative estimate of drug-likeness (QED) is 0.743. The Labute approximate surface area is 75.2 Å². The van der Waals surface area contributed by atoms with Crippen LogP contribution in [0.3, 0.4) is 0 Å². The van der Waals surface area contributed by atoms with Gasteiger partial charge in [0.15, 0.2) is 0 Å². The normalized spacial score (nSPS) is 10.8. The van der Waals surface area contributed by atoms with E-state index in [-0.39, 0.29) is 5.56 Å². The molecule has 0 aliphatic rings. The van der Waals surface area contributed by atoms with Crippen molar-refractivity contribution < 1.29 is 0 Å². The van der Waals surface area contributed by atoms with E-state index in [1.807, 2.05) is 10.6 Å². The molecule has 0 bridgehead atoms. The molecule has 0 aliphatic heterocycles. The second kappa shape index (κ2) is 3.05. The summed E-state index contributed by atoms with van der Waals surface area (Å²) in [5.41, 5.74) is 0.908. The lowest BCUT2D eigenvalue weighted by molar-refractivity contribution is 0.893. The molecular formula is C9H11N3O. The van der Waals surface area contributed by atoms with Gasteiger partial charge in [0, 0.05) is 18.5 Å². The van der Waals surface area contributed by atoms with Crippen LogP contribution >= 0.6 is 0 Å². The van der Waals surface area contributed by atoms with Gasteiger partial charge in [0.25, 0.3) is 5.56 Å². The molecule has 0 atom stereocenters. The monoisotopic (exact) mass is 177 g/mol. The molecule has 0 aromatic carbocycles. The van der Waals surface area contributed by atoms with Gasteiger partial charge < -0.3 is 0 Å². The smallest absolute Gasteiger partial charge is 0.252 e. The van der Waals surface area contributed by atoms with Crippen LogP contribution in [-0.2, 0) is 6.42 Å². The van der Waals surface area contributed by atoms with Gasteiger partial charge in [0.2, 0.25) is 5.78 Å². The number of nitrogens with one attached hydrogen (secondary N) is 1. The third-order valence-electron chi connectivity index (χ3n) is 1.91. The zero-order valence-corrected chi connectivity index (χ0v) is 7.45. The van der Waals surface area contributed by atoms with Crippen molar-refractivity contribution in [3.05, 3.63) is 34.5 Å². The Balaban J connectivity index is 2.55. The summed E-state index contributed by atoms with van der Waals surface area (Å²) in [6, 6.07) is 1.49. The van der Waals surface area contributed by atoms with Crippen LogP contribution < -0.4 is 5.56 Å². The molecule has 4 nitrogen and oxygen atoms in total. The first-order chi connectivity index (χ1) is 6.29. The van der Waals surface area contributed by atoms with E-state index in [0.29, 0.717) is 5.78 Å². The van der Waals surface area contributed by atoms with Gasteiger partial charge in [-0.25, -0.2) is 4.98 Å². The fraction of sp³-hybridized carbons (Fsp3) is 0.333. The van der Waals surface area contributed by atoms with Gasteiger partial charge >= 0.3 is 0 Å². The summed E-state index contributed by atoms with van der Waals surface area (Å²) in [5.74, 6) is 0.621. The highest BCUT2D eigenvalue weighted by atomic mass is 16.1. The summed E-state index contributed by atoms with van der Waals surface area (Å²) in [7, 11) is 0. The number of fused-ring (bicyclic) bond motifs is 1. The maximum atomic E-state index is 10.9. The number of hydrogen-bond acceptors (Lipinski definition) is 2. The molecule has 13 heavy (non-hydrogen) atoms. The van der Waals surface area contributed by atoms with Crippen molar-refractivity contribution in [2.24, 2.45) is 0 Å². The number of aromatic nitrogens is 3. The third kappa shape index (κ3) is 1.47. The molecule has 4 heteroatoms. The van der Waals surface area contributed by atoms with Crippen molar-refractivity contribution in [2.45, 2.75) is 19.8 Å². The van der Waals surface area contributed by atoms with E-state index in [2.05, 4.69) is 16.9 Å². The number of nitrogens with zero attached hydrogens (tertiary/aromatic N) is 2. The average Bonchev–Trinajstić information content (AvgIpc) is 2.46. The van der Waals surface area contributed by atoms with Crippen molar-refractivity contribution in [1.82, 2.24) is 14.4 Å². The maximum absolute atomic E-state index is 10.9. The van der Waals surface area contributed by atoms with E-state index in [4.69, 9.17) is 0 Å². The minimum absolute atomic E-state index is 0.110. The molecule has 2 rings (SSSR count). The van der Waals surface area contributed by atoms with E-state index >= 15 is 0 Å². The minimum atomic E-state index is -0.110. The summed E-state index contributed by atoms with van der Waals surface area (Å²) in [6.07, 6.45) is 5.67. The summed E-state index contributed by atoms with van der Waals surface area (Å²) >= 11 is 0. The van der Waals surface area contributed by atoms with Gasteiger partial charge in [-0.2, -0.15) is 0 Å². The van der Waals surface area contributed by atoms with Crippen molar-refractivity contribution in [3.8, 4) is 0 Å². The number of H-pyrrole nitrogens is 1. The summed E-state index contributed by atoms with van der Waals surface area (Å²) in [4.78, 5) is 17.9. The van der Waals surface area contributed by atoms with Crippen LogP contribution in [-0.4, -0.2) is 14.4 Å². The first-order valence-corrected chi connectivity index (χ1v) is 4.36. The van der Waals surface area contributed by atoms with Crippen LogP contribution in [0.5, 0.6) is 0 Å². The van der Waals surface area contributed by atoms with Crippen LogP contribution in [0.25, 0.3) is 5.78 Å². The number of hydrogen-bond donors (Lipinski definition) is 1. The number of aromatic amines is 1. The SMILES string of the molecule is CCCc1cn2ccc(=O)[nH]c2n1. The first kappa shape index (κ1) is 8.04. The standard InChI is InChI=1S/C9H11N3O/c1-2-3-7-6-12-5-4-8(13)11-9(12)10-7/h4-6H,2-3H2,1H3,(H,10,11,13). The van der Waals surface area contributed by atoms with Crippen molar-refractivity contribution in [2.75, 3.05) is 0 Å². The van der Waals surface area contributed by atoms with E-state index in [1.54, 1.807) is 6.20 Å². The van der Waals surface area contributed by atoms with Gasteiger partial charge in [-0.3, -0.25) is 14.2 Å². The molecule has 0 spiro atoms. The number of imidazole rings is 1. The van der Waals surface area contributed by atoms with Crippen LogP contribution in [0.15, 0.2) is 23.3 Å². The molecule has 68 valence electrons. The average molecular weight is 177 g/mol. The van der Waals surface area contributed by atoms with Gasteiger partial charge in [-0.1, -0.05) is 13.3 Å². The highest BCUT2D eigenvalue weighted by Gasteiger charge is 1.99. The summed E-state index contributed by atoms with van der Waals surface area (Å²) < 4.78 is 1.83. The predicted octanol–water partition coefficient (Wildman–Crippen LogP) is 0.975. The summed E-state index contributed by atoms with van der Waals surface area (Å²) in [5, 5.41) is 0. The molecule has 1 N–H and O–H groups in total. The van der Waals surface area contributed by atoms with Gasteiger partial charge in [0.1, 0.15) is 0 Å². The molecule has 0 aliphatic carbocycles. The Morgan fingerprint density at radius 1 is 1.62 bits per heavy atom. The van der Waals surface area contributed by atoms with Crippen LogP contribution in [0, 0.1) is 0 Å². The molecule has 2 heterocycles. The van der Waals surface area contributed by atoms with Gasteiger partial charge in [-0.15, -0.1) is 0 Å². The van der Waals surface area contributed by atoms with Crippen molar-refractivity contribution in [3.63, 3.8) is 0 Å². The molecule has 2 aromatic rings. The van der Waals surface area contributed by atoms with E-state index in [1.165, 1.54) is 6.07 Å². The molecule has 2 aromatic heterocycles. The second-order valence-corrected chi connectivity index (χ2v) is 3.02. The molecule has 0 unspecified atom stereocenters. The fourth-order valence-electron chi connectivity index (χ4n) is 1.33. The molecule has 0 saturated carbocycles. The second-order valence-electron chi connectivity index (χ2n) is 3.02.